The maximum absolute atomic E-state index is 4.45. The highest BCUT2D eigenvalue weighted by atomic mass is 15.1. The van der Waals surface area contributed by atoms with Crippen LogP contribution in [0.15, 0.2) is 74.1 Å². The van der Waals surface area contributed by atoms with Crippen LogP contribution in [-0.4, -0.2) is 22.5 Å². The normalized spacial score (nSPS) is 15.6. The Bertz CT molecular complexity index is 1280. The van der Waals surface area contributed by atoms with Crippen molar-refractivity contribution in [2.75, 3.05) is 0 Å². The summed E-state index contributed by atoms with van der Waals surface area (Å²) in [4.78, 5) is 6.74. The molecule has 0 radical (unpaired) electrons. The maximum atomic E-state index is 4.45. The van der Waals surface area contributed by atoms with E-state index in [0.717, 1.165) is 50.3 Å². The molecule has 218 valence electrons. The van der Waals surface area contributed by atoms with Gasteiger partial charge in [-0.2, -0.15) is 0 Å². The van der Waals surface area contributed by atoms with Crippen molar-refractivity contribution in [3.05, 3.63) is 113 Å². The summed E-state index contributed by atoms with van der Waals surface area (Å²) in [5, 5.41) is 3.83. The third-order valence-electron chi connectivity index (χ3n) is 8.38. The van der Waals surface area contributed by atoms with E-state index in [-0.39, 0.29) is 0 Å². The summed E-state index contributed by atoms with van der Waals surface area (Å²) in [5.41, 5.74) is 11.8. The van der Waals surface area contributed by atoms with Crippen LogP contribution in [0.3, 0.4) is 0 Å². The standard InChI is InChI=1S/C30H34BN3.C5H12.C2H6/c1-5-31-16-29-25(9-6-10-28(29)21(2)3)15-30(31)33-22(4)24-11-12-26-19-34(20-27(26)14-24)18-23-8-7-13-32-17-23;1-4-5(2)3;1-2/h6-14,17,30,33H,2,4-5,15-16,18-20H2,1,3H3;5H,4H2,1-3H3;1-2H3. The van der Waals surface area contributed by atoms with Gasteiger partial charge in [0.25, 0.3) is 0 Å². The maximum Gasteiger partial charge on any atom is 0.171 e. The highest BCUT2D eigenvalue weighted by molar-refractivity contribution is 6.60. The number of hydrogen-bond acceptors (Lipinski definition) is 3. The third kappa shape index (κ3) is 8.69. The Morgan fingerprint density at radius 2 is 1.76 bits per heavy atom. The second kappa shape index (κ2) is 15.8. The summed E-state index contributed by atoms with van der Waals surface area (Å²) in [6, 6.07) is 17.7. The molecule has 1 unspecified atom stereocenters. The minimum absolute atomic E-state index is 0.403. The molecule has 3 nitrogen and oxygen atoms in total. The first kappa shape index (κ1) is 32.4. The summed E-state index contributed by atoms with van der Waals surface area (Å²) in [6.07, 6.45) is 8.40. The lowest BCUT2D eigenvalue weighted by Gasteiger charge is -2.34. The van der Waals surface area contributed by atoms with Crippen molar-refractivity contribution in [2.24, 2.45) is 5.92 Å². The SMILES string of the molecule is C=C(NC1Cc2cccc(C(=C)C)c2CB1CC)c1ccc2c(c1)CN(Cc1cccnc1)C2.CC.CCC(C)C. The second-order valence-electron chi connectivity index (χ2n) is 11.8. The molecule has 0 spiro atoms. The van der Waals surface area contributed by atoms with Crippen molar-refractivity contribution in [2.45, 2.75) is 99.5 Å². The third-order valence-corrected chi connectivity index (χ3v) is 8.38. The quantitative estimate of drug-likeness (QED) is 0.284. The lowest BCUT2D eigenvalue weighted by atomic mass is 9.36. The Balaban J connectivity index is 0.000000598. The molecule has 3 aromatic rings. The molecule has 41 heavy (non-hydrogen) atoms. The molecule has 5 rings (SSSR count). The number of aromatic nitrogens is 1. The van der Waals surface area contributed by atoms with Gasteiger partial charge in [-0.25, -0.2) is 0 Å². The lowest BCUT2D eigenvalue weighted by molar-refractivity contribution is 0.275. The molecule has 0 aliphatic carbocycles. The van der Waals surface area contributed by atoms with E-state index in [1.165, 1.54) is 50.9 Å². The molecule has 1 atom stereocenters. The number of nitrogens with one attached hydrogen (secondary N) is 1. The van der Waals surface area contributed by atoms with E-state index in [1.807, 2.05) is 32.3 Å². The molecule has 0 fully saturated rings. The molecule has 0 saturated carbocycles. The van der Waals surface area contributed by atoms with Gasteiger partial charge >= 0.3 is 0 Å². The van der Waals surface area contributed by atoms with E-state index in [1.54, 1.807) is 0 Å². The first-order chi connectivity index (χ1) is 19.8. The second-order valence-corrected chi connectivity index (χ2v) is 11.8. The van der Waals surface area contributed by atoms with Gasteiger partial charge in [-0.15, -0.1) is 0 Å². The molecular weight excluding hydrogens is 497 g/mol. The Labute approximate surface area is 251 Å². The number of fused-ring (bicyclic) bond motifs is 2. The fourth-order valence-corrected chi connectivity index (χ4v) is 5.69. The summed E-state index contributed by atoms with van der Waals surface area (Å²) in [5.74, 6) is 1.29. The minimum Gasteiger partial charge on any atom is -0.389 e. The van der Waals surface area contributed by atoms with Gasteiger partial charge in [0.05, 0.1) is 0 Å². The number of nitrogens with zero attached hydrogens (tertiary/aromatic N) is 2. The fourth-order valence-electron chi connectivity index (χ4n) is 5.69. The van der Waals surface area contributed by atoms with Crippen LogP contribution in [0, 0.1) is 5.92 Å². The van der Waals surface area contributed by atoms with Crippen LogP contribution in [0.4, 0.5) is 0 Å². The van der Waals surface area contributed by atoms with Gasteiger partial charge in [0.15, 0.2) is 6.71 Å². The number of benzene rings is 2. The Kier molecular flexibility index (Phi) is 12.5. The van der Waals surface area contributed by atoms with E-state index < -0.39 is 0 Å². The number of rotatable bonds is 8. The van der Waals surface area contributed by atoms with Crippen LogP contribution in [0.25, 0.3) is 11.3 Å². The first-order valence-corrected chi connectivity index (χ1v) is 15.7. The van der Waals surface area contributed by atoms with E-state index in [0.29, 0.717) is 12.7 Å². The van der Waals surface area contributed by atoms with Crippen LogP contribution in [0.1, 0.15) is 93.8 Å². The highest BCUT2D eigenvalue weighted by Gasteiger charge is 2.32. The molecule has 0 amide bonds. The minimum atomic E-state index is 0.403. The van der Waals surface area contributed by atoms with Gasteiger partial charge < -0.3 is 5.32 Å². The Morgan fingerprint density at radius 1 is 1.02 bits per heavy atom. The summed E-state index contributed by atoms with van der Waals surface area (Å²) in [6.45, 7) is 27.2. The zero-order valence-electron chi connectivity index (χ0n) is 26.8. The Morgan fingerprint density at radius 3 is 2.39 bits per heavy atom. The molecule has 2 aliphatic heterocycles. The summed E-state index contributed by atoms with van der Waals surface area (Å²) in [7, 11) is 0. The van der Waals surface area contributed by atoms with E-state index >= 15 is 0 Å². The lowest BCUT2D eigenvalue weighted by Crippen LogP contribution is -2.48. The fraction of sp³-hybridized carbons (Fsp3) is 0.432. The average Bonchev–Trinajstić information content (AvgIpc) is 3.39. The monoisotopic (exact) mass is 549 g/mol. The number of allylic oxidation sites excluding steroid dienone is 1. The van der Waals surface area contributed by atoms with Crippen LogP contribution in [0.5, 0.6) is 0 Å². The van der Waals surface area contributed by atoms with Gasteiger partial charge in [0, 0.05) is 43.7 Å². The van der Waals surface area contributed by atoms with Crippen LogP contribution in [-0.2, 0) is 32.4 Å². The van der Waals surface area contributed by atoms with Gasteiger partial charge in [-0.3, -0.25) is 9.88 Å². The zero-order valence-corrected chi connectivity index (χ0v) is 26.8. The largest absolute Gasteiger partial charge is 0.389 e. The smallest absolute Gasteiger partial charge is 0.171 e. The number of hydrogen-bond donors (Lipinski definition) is 1. The predicted molar refractivity (Wildman–Crippen MR) is 181 cm³/mol. The zero-order chi connectivity index (χ0) is 29.9. The van der Waals surface area contributed by atoms with Gasteiger partial charge in [-0.1, -0.05) is 109 Å². The molecule has 3 heterocycles. The molecule has 2 aliphatic rings. The van der Waals surface area contributed by atoms with Crippen LogP contribution < -0.4 is 5.32 Å². The van der Waals surface area contributed by atoms with Crippen LogP contribution >= 0.6 is 0 Å². The summed E-state index contributed by atoms with van der Waals surface area (Å²) < 4.78 is 0. The van der Waals surface area contributed by atoms with E-state index in [4.69, 9.17) is 0 Å². The summed E-state index contributed by atoms with van der Waals surface area (Å²) >= 11 is 0. The van der Waals surface area contributed by atoms with Crippen molar-refractivity contribution in [1.29, 1.82) is 0 Å². The van der Waals surface area contributed by atoms with Crippen molar-refractivity contribution < 1.29 is 0 Å². The van der Waals surface area contributed by atoms with E-state index in [9.17, 15) is 0 Å². The van der Waals surface area contributed by atoms with E-state index in [2.05, 4.69) is 105 Å². The molecule has 0 saturated heterocycles. The predicted octanol–water partition coefficient (Wildman–Crippen LogP) is 9.03. The average molecular weight is 550 g/mol. The molecular formula is C37H52BN3. The van der Waals surface area contributed by atoms with Crippen LogP contribution in [0.2, 0.25) is 6.32 Å². The van der Waals surface area contributed by atoms with Crippen molar-refractivity contribution in [3.63, 3.8) is 0 Å². The van der Waals surface area contributed by atoms with Crippen molar-refractivity contribution in [3.8, 4) is 0 Å². The molecule has 1 N–H and O–H groups in total. The first-order valence-electron chi connectivity index (χ1n) is 15.7. The van der Waals surface area contributed by atoms with Crippen molar-refractivity contribution >= 4 is 18.0 Å². The van der Waals surface area contributed by atoms with Gasteiger partial charge in [-0.05, 0) is 76.7 Å². The Hall–Kier alpha value is -3.11. The molecule has 2 aromatic carbocycles. The molecule has 4 heteroatoms. The molecule has 0 bridgehead atoms. The highest BCUT2D eigenvalue weighted by Crippen LogP contribution is 2.31. The van der Waals surface area contributed by atoms with Crippen molar-refractivity contribution in [1.82, 2.24) is 15.2 Å². The van der Waals surface area contributed by atoms with Gasteiger partial charge in [0.1, 0.15) is 0 Å². The van der Waals surface area contributed by atoms with Gasteiger partial charge in [0.2, 0.25) is 0 Å². The molecule has 1 aromatic heterocycles. The number of pyridine rings is 1. The topological polar surface area (TPSA) is 28.2 Å².